The first kappa shape index (κ1) is 12.2. The molecular weight excluding hydrogens is 264 g/mol. The molecule has 0 spiro atoms. The second-order valence-corrected chi connectivity index (χ2v) is 8.65. The van der Waals surface area contributed by atoms with Crippen LogP contribution >= 0.6 is 11.3 Å². The smallest absolute Gasteiger partial charge is 0.114 e. The first-order valence-corrected chi connectivity index (χ1v) is 9.42. The molecule has 1 aromatic heterocycles. The Labute approximate surface area is 125 Å². The van der Waals surface area contributed by atoms with Gasteiger partial charge >= 0.3 is 0 Å². The van der Waals surface area contributed by atoms with E-state index in [-0.39, 0.29) is 5.54 Å². The molecule has 20 heavy (non-hydrogen) atoms. The van der Waals surface area contributed by atoms with Crippen LogP contribution in [0.2, 0.25) is 0 Å². The summed E-state index contributed by atoms with van der Waals surface area (Å²) in [5.41, 5.74) is 1.74. The van der Waals surface area contributed by atoms with Crippen molar-refractivity contribution >= 4 is 11.3 Å². The number of nitrogens with zero attached hydrogens (tertiary/aromatic N) is 1. The van der Waals surface area contributed by atoms with Crippen molar-refractivity contribution in [1.82, 2.24) is 10.3 Å². The monoisotopic (exact) mass is 288 g/mol. The van der Waals surface area contributed by atoms with Crippen molar-refractivity contribution in [3.63, 3.8) is 0 Å². The molecule has 0 amide bonds. The van der Waals surface area contributed by atoms with Crippen LogP contribution in [0.15, 0.2) is 0 Å². The van der Waals surface area contributed by atoms with Crippen LogP contribution in [0.25, 0.3) is 0 Å². The summed E-state index contributed by atoms with van der Waals surface area (Å²) in [6.45, 7) is 0. The highest BCUT2D eigenvalue weighted by Gasteiger charge is 2.55. The number of fused-ring (bicyclic) bond motifs is 3. The molecule has 3 unspecified atom stereocenters. The Bertz CT molecular complexity index is 510. The Morgan fingerprint density at radius 3 is 2.70 bits per heavy atom. The maximum absolute atomic E-state index is 5.16. The summed E-state index contributed by atoms with van der Waals surface area (Å²) in [6, 6.07) is 0.801. The molecule has 1 heterocycles. The zero-order valence-corrected chi connectivity index (χ0v) is 13.0. The molecule has 1 N–H and O–H groups in total. The minimum Gasteiger partial charge on any atom is -0.302 e. The van der Waals surface area contributed by atoms with Crippen molar-refractivity contribution in [2.75, 3.05) is 0 Å². The van der Waals surface area contributed by atoms with E-state index in [2.05, 4.69) is 16.7 Å². The van der Waals surface area contributed by atoms with Crippen molar-refractivity contribution in [3.8, 4) is 0 Å². The molecule has 3 fully saturated rings. The summed E-state index contributed by atoms with van der Waals surface area (Å²) in [5, 5.41) is 5.55. The van der Waals surface area contributed by atoms with Crippen LogP contribution < -0.4 is 5.32 Å². The van der Waals surface area contributed by atoms with Crippen molar-refractivity contribution in [1.29, 1.82) is 0 Å². The van der Waals surface area contributed by atoms with E-state index in [0.717, 1.165) is 17.9 Å². The predicted molar refractivity (Wildman–Crippen MR) is 82.0 cm³/mol. The number of hydrogen-bond donors (Lipinski definition) is 1. The molecule has 0 saturated heterocycles. The highest BCUT2D eigenvalue weighted by molar-refractivity contribution is 7.11. The fourth-order valence-electron chi connectivity index (χ4n) is 4.97. The molecule has 3 atom stereocenters. The molecule has 0 aromatic carbocycles. The van der Waals surface area contributed by atoms with Crippen LogP contribution in [-0.4, -0.2) is 11.0 Å². The van der Waals surface area contributed by atoms with Crippen LogP contribution in [0.5, 0.6) is 0 Å². The van der Waals surface area contributed by atoms with Crippen molar-refractivity contribution in [2.45, 2.75) is 75.8 Å². The zero-order chi connectivity index (χ0) is 13.2. The normalized spacial score (nSPS) is 39.2. The van der Waals surface area contributed by atoms with Gasteiger partial charge in [-0.25, -0.2) is 4.98 Å². The Morgan fingerprint density at radius 2 is 2.00 bits per heavy atom. The van der Waals surface area contributed by atoms with E-state index in [1.807, 2.05) is 0 Å². The molecule has 0 aliphatic heterocycles. The molecule has 3 heteroatoms. The molecule has 4 aliphatic carbocycles. The van der Waals surface area contributed by atoms with Gasteiger partial charge in [0.05, 0.1) is 11.2 Å². The van der Waals surface area contributed by atoms with Crippen molar-refractivity contribution in [3.05, 3.63) is 15.6 Å². The summed E-state index contributed by atoms with van der Waals surface area (Å²) in [7, 11) is 0. The third-order valence-corrected chi connectivity index (χ3v) is 7.45. The van der Waals surface area contributed by atoms with Gasteiger partial charge in [-0.1, -0.05) is 6.42 Å². The molecular formula is C17H24N2S. The molecule has 2 nitrogen and oxygen atoms in total. The summed E-state index contributed by atoms with van der Waals surface area (Å²) >= 11 is 2.07. The van der Waals surface area contributed by atoms with E-state index < -0.39 is 0 Å². The molecule has 3 saturated carbocycles. The quantitative estimate of drug-likeness (QED) is 0.915. The summed E-state index contributed by atoms with van der Waals surface area (Å²) in [5.74, 6) is 1.85. The maximum Gasteiger partial charge on any atom is 0.114 e. The third-order valence-electron chi connectivity index (χ3n) is 6.12. The lowest BCUT2D eigenvalue weighted by molar-refractivity contribution is 0.206. The van der Waals surface area contributed by atoms with Gasteiger partial charge in [0.25, 0.3) is 0 Å². The van der Waals surface area contributed by atoms with Gasteiger partial charge in [-0.3, -0.25) is 0 Å². The molecule has 2 bridgehead atoms. The van der Waals surface area contributed by atoms with E-state index in [1.165, 1.54) is 74.9 Å². The van der Waals surface area contributed by atoms with Crippen LogP contribution in [0.3, 0.4) is 0 Å². The predicted octanol–water partition coefficient (Wildman–Crippen LogP) is 3.79. The Morgan fingerprint density at radius 1 is 1.10 bits per heavy atom. The molecule has 0 radical (unpaired) electrons. The third kappa shape index (κ3) is 1.75. The Balaban J connectivity index is 1.55. The lowest BCUT2D eigenvalue weighted by Crippen LogP contribution is -2.47. The summed E-state index contributed by atoms with van der Waals surface area (Å²) in [6.07, 6.45) is 13.8. The fourth-order valence-corrected chi connectivity index (χ4v) is 6.36. The van der Waals surface area contributed by atoms with Gasteiger partial charge in [0.15, 0.2) is 0 Å². The van der Waals surface area contributed by atoms with Gasteiger partial charge in [0.1, 0.15) is 5.01 Å². The van der Waals surface area contributed by atoms with Gasteiger partial charge < -0.3 is 5.32 Å². The highest BCUT2D eigenvalue weighted by Crippen LogP contribution is 2.57. The Hall–Kier alpha value is -0.410. The Kier molecular flexibility index (Phi) is 2.61. The van der Waals surface area contributed by atoms with Crippen molar-refractivity contribution < 1.29 is 0 Å². The largest absolute Gasteiger partial charge is 0.302 e. The maximum atomic E-state index is 5.16. The van der Waals surface area contributed by atoms with E-state index in [9.17, 15) is 0 Å². The standard InChI is InChI=1S/C17H24N2S/c1-2-4-15-14(3-1)18-16(20-15)17(19-13-7-8-13)10-11-5-6-12(17)9-11/h11-13,19H,1-10H2. The number of nitrogens with one attached hydrogen (secondary N) is 1. The van der Waals surface area contributed by atoms with Crippen LogP contribution in [-0.2, 0) is 18.4 Å². The fraction of sp³-hybridized carbons (Fsp3) is 0.824. The van der Waals surface area contributed by atoms with Gasteiger partial charge in [-0.15, -0.1) is 11.3 Å². The molecule has 108 valence electrons. The van der Waals surface area contributed by atoms with Gasteiger partial charge in [-0.05, 0) is 69.6 Å². The van der Waals surface area contributed by atoms with Gasteiger partial charge in [0, 0.05) is 10.9 Å². The zero-order valence-electron chi connectivity index (χ0n) is 12.2. The van der Waals surface area contributed by atoms with E-state index in [4.69, 9.17) is 4.98 Å². The van der Waals surface area contributed by atoms with E-state index in [0.29, 0.717) is 0 Å². The van der Waals surface area contributed by atoms with Crippen LogP contribution in [0, 0.1) is 11.8 Å². The van der Waals surface area contributed by atoms with Crippen molar-refractivity contribution in [2.24, 2.45) is 11.8 Å². The van der Waals surface area contributed by atoms with Gasteiger partial charge in [-0.2, -0.15) is 0 Å². The summed E-state index contributed by atoms with van der Waals surface area (Å²) in [4.78, 5) is 6.78. The molecule has 5 rings (SSSR count). The number of rotatable bonds is 3. The average molecular weight is 288 g/mol. The minimum absolute atomic E-state index is 0.284. The second kappa shape index (κ2) is 4.30. The van der Waals surface area contributed by atoms with Gasteiger partial charge in [0.2, 0.25) is 0 Å². The lowest BCUT2D eigenvalue weighted by atomic mass is 9.81. The summed E-state index contributed by atoms with van der Waals surface area (Å²) < 4.78 is 0. The first-order valence-electron chi connectivity index (χ1n) is 8.60. The molecule has 1 aromatic rings. The average Bonchev–Trinajstić information content (AvgIpc) is 2.93. The minimum atomic E-state index is 0.284. The van der Waals surface area contributed by atoms with E-state index >= 15 is 0 Å². The first-order chi connectivity index (χ1) is 9.83. The SMILES string of the molecule is C1CCc2sc(C3(NC4CC4)CC4CCC3C4)nc2C1. The highest BCUT2D eigenvalue weighted by atomic mass is 32.1. The van der Waals surface area contributed by atoms with Crippen LogP contribution in [0.1, 0.15) is 66.9 Å². The topological polar surface area (TPSA) is 24.9 Å². The number of thiazole rings is 1. The second-order valence-electron chi connectivity index (χ2n) is 7.57. The number of hydrogen-bond acceptors (Lipinski definition) is 3. The number of aryl methyl sites for hydroxylation is 2. The van der Waals surface area contributed by atoms with E-state index in [1.54, 1.807) is 4.88 Å². The van der Waals surface area contributed by atoms with Crippen LogP contribution in [0.4, 0.5) is 0 Å². The number of aromatic nitrogens is 1. The molecule has 4 aliphatic rings. The lowest BCUT2D eigenvalue weighted by Gasteiger charge is -2.37.